The Hall–Kier alpha value is -2.41. The molecule has 1 aliphatic rings. The lowest BCUT2D eigenvalue weighted by atomic mass is 9.98. The van der Waals surface area contributed by atoms with Crippen molar-refractivity contribution >= 4 is 34.1 Å². The number of para-hydroxylation sites is 1. The molecule has 0 fully saturated rings. The predicted octanol–water partition coefficient (Wildman–Crippen LogP) is 2.72. The third kappa shape index (κ3) is 3.12. The van der Waals surface area contributed by atoms with Gasteiger partial charge in [0.2, 0.25) is 5.91 Å². The molecule has 3 rings (SSSR count). The van der Waals surface area contributed by atoms with Gasteiger partial charge in [0.15, 0.2) is 5.13 Å². The molecule has 24 heavy (non-hydrogen) atoms. The number of amides is 3. The van der Waals surface area contributed by atoms with Crippen LogP contribution < -0.4 is 15.5 Å². The molecule has 1 aromatic carbocycles. The molecule has 1 aliphatic heterocycles. The number of thiazole rings is 1. The van der Waals surface area contributed by atoms with Crippen molar-refractivity contribution in [2.24, 2.45) is 0 Å². The van der Waals surface area contributed by atoms with Crippen molar-refractivity contribution in [2.75, 3.05) is 17.3 Å². The Balaban J connectivity index is 1.69. The van der Waals surface area contributed by atoms with Gasteiger partial charge in [-0.3, -0.25) is 10.1 Å². The summed E-state index contributed by atoms with van der Waals surface area (Å²) in [6, 6.07) is 6.74. The number of likely N-dealkylation sites (N-methyl/N-ethyl adjacent to an activating group) is 1. The third-order valence-electron chi connectivity index (χ3n) is 4.16. The van der Waals surface area contributed by atoms with Gasteiger partial charge in [-0.15, -0.1) is 11.3 Å². The van der Waals surface area contributed by atoms with Crippen LogP contribution in [0, 0.1) is 6.92 Å². The Labute approximate surface area is 144 Å². The average molecular weight is 344 g/mol. The lowest BCUT2D eigenvalue weighted by Gasteiger charge is -2.31. The molecule has 126 valence electrons. The number of carbonyl (C=O) groups excluding carboxylic acids is 2. The third-order valence-corrected chi connectivity index (χ3v) is 5.09. The molecule has 0 bridgehead atoms. The minimum absolute atomic E-state index is 0.117. The second-order valence-corrected chi connectivity index (χ2v) is 6.96. The molecular formula is C17H20N4O2S. The van der Waals surface area contributed by atoms with Gasteiger partial charge >= 0.3 is 6.03 Å². The Morgan fingerprint density at radius 2 is 2.17 bits per heavy atom. The SMILES string of the molecule is CCc1nc(NC(=O)NC2Cc3ccccc3N(C)C2=O)sc1C. The van der Waals surface area contributed by atoms with E-state index in [1.807, 2.05) is 38.1 Å². The summed E-state index contributed by atoms with van der Waals surface area (Å²) >= 11 is 1.44. The number of aromatic nitrogens is 1. The van der Waals surface area contributed by atoms with Crippen molar-refractivity contribution < 1.29 is 9.59 Å². The zero-order valence-corrected chi connectivity index (χ0v) is 14.7. The van der Waals surface area contributed by atoms with E-state index in [4.69, 9.17) is 0 Å². The molecule has 2 N–H and O–H groups in total. The Bertz CT molecular complexity index is 787. The minimum Gasteiger partial charge on any atom is -0.326 e. The summed E-state index contributed by atoms with van der Waals surface area (Å²) in [5.74, 6) is -0.117. The van der Waals surface area contributed by atoms with Crippen molar-refractivity contribution in [3.63, 3.8) is 0 Å². The number of carbonyl (C=O) groups is 2. The fraction of sp³-hybridized carbons (Fsp3) is 0.353. The van der Waals surface area contributed by atoms with Crippen molar-refractivity contribution in [3.05, 3.63) is 40.4 Å². The number of urea groups is 1. The van der Waals surface area contributed by atoms with E-state index in [2.05, 4.69) is 15.6 Å². The highest BCUT2D eigenvalue weighted by molar-refractivity contribution is 7.15. The largest absolute Gasteiger partial charge is 0.326 e. The van der Waals surface area contributed by atoms with E-state index < -0.39 is 12.1 Å². The second kappa shape index (κ2) is 6.60. The molecule has 1 unspecified atom stereocenters. The summed E-state index contributed by atoms with van der Waals surface area (Å²) in [6.07, 6.45) is 1.32. The molecule has 1 aromatic heterocycles. The van der Waals surface area contributed by atoms with Crippen LogP contribution in [0.2, 0.25) is 0 Å². The van der Waals surface area contributed by atoms with E-state index in [0.29, 0.717) is 11.6 Å². The van der Waals surface area contributed by atoms with Crippen molar-refractivity contribution in [1.29, 1.82) is 0 Å². The molecule has 0 saturated heterocycles. The number of rotatable bonds is 3. The molecular weight excluding hydrogens is 324 g/mol. The van der Waals surface area contributed by atoms with Gasteiger partial charge in [-0.1, -0.05) is 25.1 Å². The molecule has 0 spiro atoms. The number of fused-ring (bicyclic) bond motifs is 1. The number of nitrogens with one attached hydrogen (secondary N) is 2. The van der Waals surface area contributed by atoms with E-state index in [1.165, 1.54) is 11.3 Å². The van der Waals surface area contributed by atoms with Crippen LogP contribution in [0.15, 0.2) is 24.3 Å². The molecule has 2 heterocycles. The van der Waals surface area contributed by atoms with Gasteiger partial charge in [0.25, 0.3) is 0 Å². The van der Waals surface area contributed by atoms with Gasteiger partial charge in [-0.25, -0.2) is 9.78 Å². The van der Waals surface area contributed by atoms with Crippen molar-refractivity contribution in [1.82, 2.24) is 10.3 Å². The van der Waals surface area contributed by atoms with Crippen LogP contribution in [0.4, 0.5) is 15.6 Å². The van der Waals surface area contributed by atoms with Gasteiger partial charge in [-0.2, -0.15) is 0 Å². The van der Waals surface area contributed by atoms with Gasteiger partial charge in [-0.05, 0) is 25.0 Å². The number of hydrogen-bond acceptors (Lipinski definition) is 4. The number of anilines is 2. The highest BCUT2D eigenvalue weighted by Crippen LogP contribution is 2.26. The standard InChI is InChI=1S/C17H20N4O2S/c1-4-12-10(2)24-17(19-12)20-16(23)18-13-9-11-7-5-6-8-14(11)21(3)15(13)22/h5-8,13H,4,9H2,1-3H3,(H2,18,19,20,23). The molecule has 1 atom stereocenters. The number of benzene rings is 1. The molecule has 0 saturated carbocycles. The van der Waals surface area contributed by atoms with Crippen LogP contribution in [0.5, 0.6) is 0 Å². The summed E-state index contributed by atoms with van der Waals surface area (Å²) in [6.45, 7) is 4.01. The van der Waals surface area contributed by atoms with Gasteiger partial charge in [0.05, 0.1) is 5.69 Å². The summed E-state index contributed by atoms with van der Waals surface area (Å²) in [7, 11) is 1.73. The van der Waals surface area contributed by atoms with E-state index in [0.717, 1.165) is 28.2 Å². The maximum Gasteiger partial charge on any atom is 0.321 e. The summed E-state index contributed by atoms with van der Waals surface area (Å²) in [5.41, 5.74) is 2.92. The summed E-state index contributed by atoms with van der Waals surface area (Å²) < 4.78 is 0. The van der Waals surface area contributed by atoms with Crippen LogP contribution in [-0.4, -0.2) is 30.0 Å². The summed E-state index contributed by atoms with van der Waals surface area (Å²) in [4.78, 5) is 31.7. The highest BCUT2D eigenvalue weighted by Gasteiger charge is 2.31. The number of hydrogen-bond donors (Lipinski definition) is 2. The first-order chi connectivity index (χ1) is 11.5. The molecule has 2 aromatic rings. The normalized spacial score (nSPS) is 16.7. The highest BCUT2D eigenvalue weighted by atomic mass is 32.1. The van der Waals surface area contributed by atoms with Crippen LogP contribution in [0.25, 0.3) is 0 Å². The van der Waals surface area contributed by atoms with E-state index >= 15 is 0 Å². The fourth-order valence-electron chi connectivity index (χ4n) is 2.88. The van der Waals surface area contributed by atoms with Crippen LogP contribution in [0.3, 0.4) is 0 Å². The van der Waals surface area contributed by atoms with E-state index in [9.17, 15) is 9.59 Å². The van der Waals surface area contributed by atoms with Crippen LogP contribution in [0.1, 0.15) is 23.1 Å². The molecule has 6 nitrogen and oxygen atoms in total. The Kier molecular flexibility index (Phi) is 4.53. The first-order valence-electron chi connectivity index (χ1n) is 7.89. The molecule has 7 heteroatoms. The smallest absolute Gasteiger partial charge is 0.321 e. The molecule has 0 radical (unpaired) electrons. The van der Waals surface area contributed by atoms with E-state index in [1.54, 1.807) is 11.9 Å². The Morgan fingerprint density at radius 1 is 1.42 bits per heavy atom. The quantitative estimate of drug-likeness (QED) is 0.899. The summed E-state index contributed by atoms with van der Waals surface area (Å²) in [5, 5.41) is 6.05. The monoisotopic (exact) mass is 344 g/mol. The Morgan fingerprint density at radius 3 is 2.88 bits per heavy atom. The van der Waals surface area contributed by atoms with Gasteiger partial charge < -0.3 is 10.2 Å². The van der Waals surface area contributed by atoms with Crippen molar-refractivity contribution in [2.45, 2.75) is 32.7 Å². The maximum absolute atomic E-state index is 12.5. The molecule has 0 aliphatic carbocycles. The van der Waals surface area contributed by atoms with Gasteiger partial charge in [0.1, 0.15) is 6.04 Å². The minimum atomic E-state index is -0.573. The zero-order chi connectivity index (χ0) is 17.3. The van der Waals surface area contributed by atoms with E-state index in [-0.39, 0.29) is 5.91 Å². The lowest BCUT2D eigenvalue weighted by molar-refractivity contribution is -0.120. The first kappa shape index (κ1) is 16.4. The zero-order valence-electron chi connectivity index (χ0n) is 13.9. The lowest BCUT2D eigenvalue weighted by Crippen LogP contribution is -2.52. The topological polar surface area (TPSA) is 74.3 Å². The second-order valence-electron chi connectivity index (χ2n) is 5.76. The average Bonchev–Trinajstić information content (AvgIpc) is 2.91. The van der Waals surface area contributed by atoms with Gasteiger partial charge in [0, 0.05) is 24.0 Å². The fourth-order valence-corrected chi connectivity index (χ4v) is 3.78. The van der Waals surface area contributed by atoms with Crippen LogP contribution in [-0.2, 0) is 17.6 Å². The molecule has 3 amide bonds. The maximum atomic E-state index is 12.5. The number of nitrogens with zero attached hydrogens (tertiary/aromatic N) is 2. The van der Waals surface area contributed by atoms with Crippen LogP contribution >= 0.6 is 11.3 Å². The predicted molar refractivity (Wildman–Crippen MR) is 95.7 cm³/mol. The van der Waals surface area contributed by atoms with Crippen molar-refractivity contribution in [3.8, 4) is 0 Å². The number of aryl methyl sites for hydroxylation is 2. The first-order valence-corrected chi connectivity index (χ1v) is 8.70.